The fourth-order valence-corrected chi connectivity index (χ4v) is 4.25. The molecule has 0 bridgehead atoms. The number of piperidine rings is 2. The molecule has 1 atom stereocenters. The Labute approximate surface area is 148 Å². The van der Waals surface area contributed by atoms with Gasteiger partial charge in [-0.3, -0.25) is 4.79 Å². The van der Waals surface area contributed by atoms with Gasteiger partial charge in [-0.2, -0.15) is 5.10 Å². The van der Waals surface area contributed by atoms with Crippen LogP contribution in [0.15, 0.2) is 48.7 Å². The van der Waals surface area contributed by atoms with Crippen molar-refractivity contribution in [1.82, 2.24) is 15.1 Å². The highest BCUT2D eigenvalue weighted by molar-refractivity contribution is 5.77. The quantitative estimate of drug-likeness (QED) is 0.865. The molecule has 2 fully saturated rings. The molecular weight excluding hydrogens is 312 g/mol. The summed E-state index contributed by atoms with van der Waals surface area (Å²) >= 11 is 0. The van der Waals surface area contributed by atoms with Gasteiger partial charge in [0.1, 0.15) is 0 Å². The number of likely N-dealkylation sites (tertiary alicyclic amines) is 1. The van der Waals surface area contributed by atoms with Gasteiger partial charge in [-0.25, -0.2) is 0 Å². The maximum absolute atomic E-state index is 12.5. The second kappa shape index (κ2) is 6.82. The van der Waals surface area contributed by atoms with Gasteiger partial charge in [0.2, 0.25) is 5.91 Å². The first-order valence-corrected chi connectivity index (χ1v) is 9.09. The summed E-state index contributed by atoms with van der Waals surface area (Å²) in [7, 11) is 0. The SMILES string of the molecule is O=C1CCC2(CCCN(c3cccnn3)C2)CN1Cc1ccccc1. The van der Waals surface area contributed by atoms with E-state index in [9.17, 15) is 4.79 Å². The van der Waals surface area contributed by atoms with Gasteiger partial charge >= 0.3 is 0 Å². The van der Waals surface area contributed by atoms with Crippen LogP contribution in [0.4, 0.5) is 5.82 Å². The molecule has 0 aliphatic carbocycles. The summed E-state index contributed by atoms with van der Waals surface area (Å²) in [5.74, 6) is 1.24. The Balaban J connectivity index is 1.50. The van der Waals surface area contributed by atoms with Gasteiger partial charge in [0.05, 0.1) is 0 Å². The zero-order chi connectivity index (χ0) is 17.1. The van der Waals surface area contributed by atoms with Crippen LogP contribution in [0.3, 0.4) is 0 Å². The molecule has 1 unspecified atom stereocenters. The van der Waals surface area contributed by atoms with E-state index < -0.39 is 0 Å². The van der Waals surface area contributed by atoms with Crippen LogP contribution in [0.25, 0.3) is 0 Å². The van der Waals surface area contributed by atoms with E-state index in [0.29, 0.717) is 13.0 Å². The minimum absolute atomic E-state index is 0.179. The van der Waals surface area contributed by atoms with Crippen LogP contribution in [0.1, 0.15) is 31.2 Å². The lowest BCUT2D eigenvalue weighted by atomic mass is 9.73. The summed E-state index contributed by atoms with van der Waals surface area (Å²) in [4.78, 5) is 16.9. The minimum Gasteiger partial charge on any atom is -0.355 e. The van der Waals surface area contributed by atoms with Crippen molar-refractivity contribution in [2.24, 2.45) is 5.41 Å². The Hall–Kier alpha value is -2.43. The molecule has 1 aromatic heterocycles. The third kappa shape index (κ3) is 3.50. The Morgan fingerprint density at radius 2 is 1.92 bits per heavy atom. The van der Waals surface area contributed by atoms with Crippen LogP contribution in [-0.2, 0) is 11.3 Å². The van der Waals surface area contributed by atoms with E-state index >= 15 is 0 Å². The standard InChI is InChI=1S/C20H24N4O/c25-19-9-11-20(16-24(19)14-17-6-2-1-3-7-17)10-5-13-23(15-20)18-8-4-12-21-22-18/h1-4,6-8,12H,5,9-11,13-16H2. The van der Waals surface area contributed by atoms with Crippen molar-refractivity contribution < 1.29 is 4.79 Å². The summed E-state index contributed by atoms with van der Waals surface area (Å²) in [6, 6.07) is 14.3. The number of carbonyl (C=O) groups excluding carboxylic acids is 1. The number of rotatable bonds is 3. The Kier molecular flexibility index (Phi) is 4.38. The third-order valence-corrected chi connectivity index (χ3v) is 5.51. The molecule has 2 saturated heterocycles. The molecule has 5 heteroatoms. The molecule has 1 amide bonds. The molecule has 25 heavy (non-hydrogen) atoms. The van der Waals surface area contributed by atoms with E-state index in [4.69, 9.17) is 0 Å². The summed E-state index contributed by atoms with van der Waals surface area (Å²) in [6.45, 7) is 3.54. The average molecular weight is 336 g/mol. The van der Waals surface area contributed by atoms with Crippen LogP contribution in [0.2, 0.25) is 0 Å². The van der Waals surface area contributed by atoms with Crippen molar-refractivity contribution in [3.8, 4) is 0 Å². The summed E-state index contributed by atoms with van der Waals surface area (Å²) in [5, 5.41) is 8.30. The molecule has 2 aliphatic rings. The van der Waals surface area contributed by atoms with Gasteiger partial charge in [-0.1, -0.05) is 30.3 Å². The van der Waals surface area contributed by atoms with E-state index in [0.717, 1.165) is 38.3 Å². The first kappa shape index (κ1) is 16.1. The normalized spacial score (nSPS) is 23.9. The maximum Gasteiger partial charge on any atom is 0.222 e. The van der Waals surface area contributed by atoms with Crippen LogP contribution in [0, 0.1) is 5.41 Å². The van der Waals surface area contributed by atoms with Gasteiger partial charge in [-0.15, -0.1) is 5.10 Å². The maximum atomic E-state index is 12.5. The smallest absolute Gasteiger partial charge is 0.222 e. The monoisotopic (exact) mass is 336 g/mol. The van der Waals surface area contributed by atoms with E-state index in [-0.39, 0.29) is 11.3 Å². The molecule has 1 spiro atoms. The third-order valence-electron chi connectivity index (χ3n) is 5.51. The molecule has 5 nitrogen and oxygen atoms in total. The lowest BCUT2D eigenvalue weighted by Crippen LogP contribution is -2.54. The van der Waals surface area contributed by atoms with Gasteiger partial charge in [-0.05, 0) is 37.0 Å². The summed E-state index contributed by atoms with van der Waals surface area (Å²) in [6.07, 6.45) is 5.67. The van der Waals surface area contributed by atoms with Crippen molar-refractivity contribution in [1.29, 1.82) is 0 Å². The topological polar surface area (TPSA) is 49.3 Å². The first-order valence-electron chi connectivity index (χ1n) is 9.09. The number of hydrogen-bond donors (Lipinski definition) is 0. The largest absolute Gasteiger partial charge is 0.355 e. The fraction of sp³-hybridized carbons (Fsp3) is 0.450. The average Bonchev–Trinajstić information content (AvgIpc) is 2.67. The Morgan fingerprint density at radius 3 is 2.72 bits per heavy atom. The first-order chi connectivity index (χ1) is 12.2. The molecule has 3 heterocycles. The molecule has 0 N–H and O–H groups in total. The molecule has 2 aliphatic heterocycles. The predicted molar refractivity (Wildman–Crippen MR) is 97.0 cm³/mol. The van der Waals surface area contributed by atoms with Gasteiger partial charge in [0.15, 0.2) is 5.82 Å². The van der Waals surface area contributed by atoms with Gasteiger partial charge in [0, 0.05) is 44.2 Å². The fourth-order valence-electron chi connectivity index (χ4n) is 4.25. The molecule has 2 aromatic rings. The van der Waals surface area contributed by atoms with Crippen molar-refractivity contribution in [2.75, 3.05) is 24.5 Å². The number of nitrogens with zero attached hydrogens (tertiary/aromatic N) is 4. The van der Waals surface area contributed by atoms with E-state index in [1.54, 1.807) is 6.20 Å². The second-order valence-electron chi connectivity index (χ2n) is 7.34. The molecule has 1 aromatic carbocycles. The number of anilines is 1. The number of benzene rings is 1. The lowest BCUT2D eigenvalue weighted by molar-refractivity contribution is -0.138. The zero-order valence-corrected chi connectivity index (χ0v) is 14.5. The number of aromatic nitrogens is 2. The molecular formula is C20H24N4O. The number of hydrogen-bond acceptors (Lipinski definition) is 4. The van der Waals surface area contributed by atoms with Crippen molar-refractivity contribution in [2.45, 2.75) is 32.2 Å². The predicted octanol–water partition coefficient (Wildman–Crippen LogP) is 2.89. The van der Waals surface area contributed by atoms with Crippen LogP contribution >= 0.6 is 0 Å². The summed E-state index contributed by atoms with van der Waals surface area (Å²) in [5.41, 5.74) is 1.38. The van der Waals surface area contributed by atoms with Crippen molar-refractivity contribution in [3.63, 3.8) is 0 Å². The molecule has 0 radical (unpaired) electrons. The van der Waals surface area contributed by atoms with Crippen molar-refractivity contribution in [3.05, 3.63) is 54.2 Å². The van der Waals surface area contributed by atoms with E-state index in [1.807, 2.05) is 30.3 Å². The number of amides is 1. The Bertz CT molecular complexity index is 721. The highest BCUT2D eigenvalue weighted by atomic mass is 16.2. The highest BCUT2D eigenvalue weighted by Gasteiger charge is 2.42. The van der Waals surface area contributed by atoms with Crippen molar-refractivity contribution >= 4 is 11.7 Å². The lowest BCUT2D eigenvalue weighted by Gasteiger charge is -2.48. The van der Waals surface area contributed by atoms with Crippen LogP contribution < -0.4 is 4.90 Å². The highest BCUT2D eigenvalue weighted by Crippen LogP contribution is 2.40. The molecule has 130 valence electrons. The van der Waals surface area contributed by atoms with Gasteiger partial charge in [0.25, 0.3) is 0 Å². The second-order valence-corrected chi connectivity index (χ2v) is 7.34. The Morgan fingerprint density at radius 1 is 1.04 bits per heavy atom. The zero-order valence-electron chi connectivity index (χ0n) is 14.5. The molecule has 0 saturated carbocycles. The van der Waals surface area contributed by atoms with Crippen LogP contribution in [0.5, 0.6) is 0 Å². The molecule has 4 rings (SSSR count). The van der Waals surface area contributed by atoms with Gasteiger partial charge < -0.3 is 9.80 Å². The van der Waals surface area contributed by atoms with Crippen LogP contribution in [-0.4, -0.2) is 40.6 Å². The van der Waals surface area contributed by atoms with E-state index in [2.05, 4.69) is 32.1 Å². The number of carbonyl (C=O) groups is 1. The summed E-state index contributed by atoms with van der Waals surface area (Å²) < 4.78 is 0. The van der Waals surface area contributed by atoms with E-state index in [1.165, 1.54) is 12.0 Å². The minimum atomic E-state index is 0.179.